The van der Waals surface area contributed by atoms with E-state index in [-0.39, 0.29) is 23.7 Å². The topological polar surface area (TPSA) is 55.1 Å². The summed E-state index contributed by atoms with van der Waals surface area (Å²) < 4.78 is 1.07. The van der Waals surface area contributed by atoms with Crippen molar-refractivity contribution in [2.75, 3.05) is 6.54 Å². The zero-order valence-electron chi connectivity index (χ0n) is 11.5. The number of rotatable bonds is 5. The Morgan fingerprint density at radius 3 is 2.65 bits per heavy atom. The molecule has 1 aromatic heterocycles. The van der Waals surface area contributed by atoms with Gasteiger partial charge in [0, 0.05) is 15.8 Å². The summed E-state index contributed by atoms with van der Waals surface area (Å²) in [6.45, 7) is 1.24. The zero-order valence-corrected chi connectivity index (χ0v) is 14.7. The minimum atomic E-state index is 0. The van der Waals surface area contributed by atoms with Gasteiger partial charge >= 0.3 is 0 Å². The molecular weight excluding hydrogens is 360 g/mol. The molecule has 1 aromatic rings. The molecule has 1 aliphatic carbocycles. The number of amides is 1. The molecule has 114 valence electrons. The van der Waals surface area contributed by atoms with Crippen LogP contribution < -0.4 is 11.1 Å². The molecule has 0 saturated heterocycles. The molecular formula is C14H22BrClN2OS. The lowest BCUT2D eigenvalue weighted by Gasteiger charge is -2.35. The summed E-state index contributed by atoms with van der Waals surface area (Å²) >= 11 is 5.13. The second-order valence-corrected chi connectivity index (χ2v) is 7.27. The lowest BCUT2D eigenvalue weighted by atomic mass is 9.71. The Hall–Kier alpha value is -0.100. The molecule has 0 aromatic carbocycles. The van der Waals surface area contributed by atoms with E-state index in [1.165, 1.54) is 24.1 Å². The van der Waals surface area contributed by atoms with Crippen LogP contribution in [0.3, 0.4) is 0 Å². The van der Waals surface area contributed by atoms with Crippen LogP contribution in [0.5, 0.6) is 0 Å². The standard InChI is InChI=1S/C14H21BrN2OS.ClH/c15-11-4-7-19-12(11)9-17-13(18)8-14(10-16)5-2-1-3-6-14;/h4,7H,1-3,5-6,8-10,16H2,(H,17,18);1H. The van der Waals surface area contributed by atoms with Gasteiger partial charge in [-0.25, -0.2) is 0 Å². The maximum atomic E-state index is 12.1. The molecule has 1 amide bonds. The van der Waals surface area contributed by atoms with Crippen LogP contribution in [0.1, 0.15) is 43.4 Å². The van der Waals surface area contributed by atoms with Crippen molar-refractivity contribution in [3.05, 3.63) is 20.8 Å². The van der Waals surface area contributed by atoms with Gasteiger partial charge in [0.05, 0.1) is 6.54 Å². The lowest BCUT2D eigenvalue weighted by molar-refractivity contribution is -0.124. The van der Waals surface area contributed by atoms with Crippen molar-refractivity contribution in [1.82, 2.24) is 5.32 Å². The van der Waals surface area contributed by atoms with E-state index in [0.29, 0.717) is 19.5 Å². The van der Waals surface area contributed by atoms with E-state index >= 15 is 0 Å². The minimum absolute atomic E-state index is 0. The second kappa shape index (κ2) is 8.37. The molecule has 2 rings (SSSR count). The monoisotopic (exact) mass is 380 g/mol. The molecule has 1 saturated carbocycles. The number of nitrogens with two attached hydrogens (primary N) is 1. The van der Waals surface area contributed by atoms with Gasteiger partial charge in [-0.1, -0.05) is 19.3 Å². The number of hydrogen-bond donors (Lipinski definition) is 2. The summed E-state index contributed by atoms with van der Waals surface area (Å²) in [6, 6.07) is 2.01. The van der Waals surface area contributed by atoms with Crippen molar-refractivity contribution >= 4 is 45.6 Å². The van der Waals surface area contributed by atoms with Crippen LogP contribution in [0.2, 0.25) is 0 Å². The average Bonchev–Trinajstić information content (AvgIpc) is 2.83. The minimum Gasteiger partial charge on any atom is -0.351 e. The van der Waals surface area contributed by atoms with Crippen molar-refractivity contribution in [3.63, 3.8) is 0 Å². The first kappa shape index (κ1) is 18.0. The maximum absolute atomic E-state index is 12.1. The molecule has 0 radical (unpaired) electrons. The van der Waals surface area contributed by atoms with Crippen LogP contribution in [0.15, 0.2) is 15.9 Å². The summed E-state index contributed by atoms with van der Waals surface area (Å²) in [4.78, 5) is 13.3. The van der Waals surface area contributed by atoms with E-state index in [1.54, 1.807) is 11.3 Å². The van der Waals surface area contributed by atoms with Crippen LogP contribution in [0.25, 0.3) is 0 Å². The number of carbonyl (C=O) groups is 1. The Kier molecular flexibility index (Phi) is 7.51. The SMILES string of the molecule is Cl.NCC1(CC(=O)NCc2sccc2Br)CCCCC1. The average molecular weight is 382 g/mol. The molecule has 20 heavy (non-hydrogen) atoms. The van der Waals surface area contributed by atoms with Gasteiger partial charge in [0.1, 0.15) is 0 Å². The smallest absolute Gasteiger partial charge is 0.220 e. The Morgan fingerprint density at radius 1 is 1.40 bits per heavy atom. The summed E-state index contributed by atoms with van der Waals surface area (Å²) in [5.74, 6) is 0.132. The number of nitrogens with one attached hydrogen (secondary N) is 1. The Bertz CT molecular complexity index is 433. The van der Waals surface area contributed by atoms with E-state index in [2.05, 4.69) is 21.2 Å². The summed E-state index contributed by atoms with van der Waals surface area (Å²) in [5.41, 5.74) is 5.97. The first-order chi connectivity index (χ1) is 9.15. The van der Waals surface area contributed by atoms with Crippen LogP contribution in [0, 0.1) is 5.41 Å². The third-order valence-corrected chi connectivity index (χ3v) is 5.95. The van der Waals surface area contributed by atoms with Gasteiger partial charge in [-0.05, 0) is 52.2 Å². The highest BCUT2D eigenvalue weighted by molar-refractivity contribution is 9.10. The van der Waals surface area contributed by atoms with Crippen molar-refractivity contribution in [3.8, 4) is 0 Å². The molecule has 0 unspecified atom stereocenters. The lowest BCUT2D eigenvalue weighted by Crippen LogP contribution is -2.38. The Balaban J connectivity index is 0.00000200. The quantitative estimate of drug-likeness (QED) is 0.814. The number of carbonyl (C=O) groups excluding carboxylic acids is 1. The largest absolute Gasteiger partial charge is 0.351 e. The fourth-order valence-electron chi connectivity index (χ4n) is 2.79. The van der Waals surface area contributed by atoms with E-state index in [1.807, 2.05) is 11.4 Å². The van der Waals surface area contributed by atoms with Crippen LogP contribution in [-0.4, -0.2) is 12.5 Å². The third-order valence-electron chi connectivity index (χ3n) is 4.02. The fraction of sp³-hybridized carbons (Fsp3) is 0.643. The van der Waals surface area contributed by atoms with E-state index in [9.17, 15) is 4.79 Å². The molecule has 0 spiro atoms. The van der Waals surface area contributed by atoms with Crippen molar-refractivity contribution in [1.29, 1.82) is 0 Å². The van der Waals surface area contributed by atoms with Gasteiger partial charge in [0.25, 0.3) is 0 Å². The number of hydrogen-bond acceptors (Lipinski definition) is 3. The molecule has 1 aliphatic rings. The molecule has 3 nitrogen and oxygen atoms in total. The van der Waals surface area contributed by atoms with Crippen molar-refractivity contribution < 1.29 is 4.79 Å². The van der Waals surface area contributed by atoms with Crippen LogP contribution in [0.4, 0.5) is 0 Å². The van der Waals surface area contributed by atoms with Crippen molar-refractivity contribution in [2.45, 2.75) is 45.1 Å². The highest BCUT2D eigenvalue weighted by atomic mass is 79.9. The van der Waals surface area contributed by atoms with Gasteiger partial charge in [-0.15, -0.1) is 23.7 Å². The first-order valence-electron chi connectivity index (χ1n) is 6.84. The second-order valence-electron chi connectivity index (χ2n) is 5.41. The Morgan fingerprint density at radius 2 is 2.10 bits per heavy atom. The van der Waals surface area contributed by atoms with Crippen LogP contribution >= 0.6 is 39.7 Å². The summed E-state index contributed by atoms with van der Waals surface area (Å²) in [5, 5.41) is 5.04. The van der Waals surface area contributed by atoms with E-state index in [0.717, 1.165) is 17.3 Å². The van der Waals surface area contributed by atoms with E-state index in [4.69, 9.17) is 5.73 Å². The summed E-state index contributed by atoms with van der Waals surface area (Å²) in [7, 11) is 0. The molecule has 6 heteroatoms. The fourth-order valence-corrected chi connectivity index (χ4v) is 4.22. The molecule has 1 fully saturated rings. The first-order valence-corrected chi connectivity index (χ1v) is 8.51. The highest BCUT2D eigenvalue weighted by Crippen LogP contribution is 2.38. The van der Waals surface area contributed by atoms with Gasteiger partial charge in [-0.2, -0.15) is 0 Å². The predicted molar refractivity (Wildman–Crippen MR) is 90.3 cm³/mol. The van der Waals surface area contributed by atoms with Gasteiger partial charge < -0.3 is 11.1 Å². The molecule has 0 bridgehead atoms. The molecule has 1 heterocycles. The number of thiophene rings is 1. The van der Waals surface area contributed by atoms with Crippen molar-refractivity contribution in [2.24, 2.45) is 11.1 Å². The summed E-state index contributed by atoms with van der Waals surface area (Å²) in [6.07, 6.45) is 6.47. The highest BCUT2D eigenvalue weighted by Gasteiger charge is 2.32. The normalized spacial score (nSPS) is 17.3. The molecule has 0 aliphatic heterocycles. The maximum Gasteiger partial charge on any atom is 0.220 e. The van der Waals surface area contributed by atoms with Gasteiger partial charge in [0.15, 0.2) is 0 Å². The Labute approximate surface area is 139 Å². The van der Waals surface area contributed by atoms with Crippen LogP contribution in [-0.2, 0) is 11.3 Å². The van der Waals surface area contributed by atoms with Gasteiger partial charge in [-0.3, -0.25) is 4.79 Å². The number of halogens is 2. The van der Waals surface area contributed by atoms with Gasteiger partial charge in [0.2, 0.25) is 5.91 Å². The molecule has 3 N–H and O–H groups in total. The zero-order chi connectivity index (χ0) is 13.7. The molecule has 0 atom stereocenters. The predicted octanol–water partition coefficient (Wildman–Crippen LogP) is 3.85. The van der Waals surface area contributed by atoms with E-state index < -0.39 is 0 Å². The third kappa shape index (κ3) is 4.72.